The van der Waals surface area contributed by atoms with E-state index >= 15 is 0 Å². The van der Waals surface area contributed by atoms with Gasteiger partial charge in [-0.2, -0.15) is 0 Å². The number of carbonyl (C=O) groups is 1. The summed E-state index contributed by atoms with van der Waals surface area (Å²) in [4.78, 5) is 15.5. The fourth-order valence-electron chi connectivity index (χ4n) is 1.44. The zero-order valence-electron chi connectivity index (χ0n) is 11.9. The van der Waals surface area contributed by atoms with E-state index in [0.29, 0.717) is 6.54 Å². The summed E-state index contributed by atoms with van der Waals surface area (Å²) in [6.45, 7) is 7.02. The van der Waals surface area contributed by atoms with Crippen LogP contribution in [0.15, 0.2) is 24.4 Å². The molecule has 0 aliphatic heterocycles. The highest BCUT2D eigenvalue weighted by Crippen LogP contribution is 2.06. The minimum absolute atomic E-state index is 0.356. The van der Waals surface area contributed by atoms with Gasteiger partial charge in [0.1, 0.15) is 11.4 Å². The van der Waals surface area contributed by atoms with E-state index in [0.717, 1.165) is 25.2 Å². The predicted octanol–water partition coefficient (Wildman–Crippen LogP) is 2.80. The first-order valence-electron chi connectivity index (χ1n) is 6.59. The van der Waals surface area contributed by atoms with Gasteiger partial charge in [0.2, 0.25) is 0 Å². The summed E-state index contributed by atoms with van der Waals surface area (Å²) < 4.78 is 5.14. The second-order valence-electron chi connectivity index (χ2n) is 5.28. The van der Waals surface area contributed by atoms with Crippen molar-refractivity contribution >= 4 is 11.9 Å². The summed E-state index contributed by atoms with van der Waals surface area (Å²) in [6.07, 6.45) is 3.27. The monoisotopic (exact) mass is 265 g/mol. The number of hydrogen-bond acceptors (Lipinski definition) is 4. The van der Waals surface area contributed by atoms with Gasteiger partial charge < -0.3 is 15.4 Å². The van der Waals surface area contributed by atoms with Crippen molar-refractivity contribution in [3.05, 3.63) is 24.4 Å². The average Bonchev–Trinajstić information content (AvgIpc) is 2.32. The number of nitrogens with one attached hydrogen (secondary N) is 2. The molecule has 19 heavy (non-hydrogen) atoms. The van der Waals surface area contributed by atoms with E-state index in [1.165, 1.54) is 0 Å². The average molecular weight is 265 g/mol. The number of rotatable bonds is 6. The number of alkyl carbamates (subject to hydrolysis) is 1. The Labute approximate surface area is 114 Å². The maximum absolute atomic E-state index is 11.4. The zero-order valence-corrected chi connectivity index (χ0v) is 11.9. The maximum Gasteiger partial charge on any atom is 0.407 e. The number of ether oxygens (including phenoxy) is 1. The molecule has 0 fully saturated rings. The van der Waals surface area contributed by atoms with Crippen LogP contribution in [0.1, 0.15) is 33.6 Å². The fourth-order valence-corrected chi connectivity index (χ4v) is 1.44. The van der Waals surface area contributed by atoms with Gasteiger partial charge in [-0.25, -0.2) is 9.78 Å². The standard InChI is InChI=1S/C14H23N3O2/c1-14(2,3)19-13(18)17-11-7-6-10-16-12-8-4-5-9-15-12/h4-5,8-9H,6-7,10-11H2,1-3H3,(H,15,16)(H,17,18). The number of hydrogen-bond donors (Lipinski definition) is 2. The number of pyridine rings is 1. The predicted molar refractivity (Wildman–Crippen MR) is 76.2 cm³/mol. The van der Waals surface area contributed by atoms with Crippen molar-refractivity contribution in [3.8, 4) is 0 Å². The Kier molecular flexibility index (Phi) is 6.12. The fraction of sp³-hybridized carbons (Fsp3) is 0.571. The molecule has 5 heteroatoms. The third-order valence-corrected chi connectivity index (χ3v) is 2.24. The van der Waals surface area contributed by atoms with Gasteiger partial charge in [0, 0.05) is 19.3 Å². The lowest BCUT2D eigenvalue weighted by Gasteiger charge is -2.19. The van der Waals surface area contributed by atoms with Crippen LogP contribution < -0.4 is 10.6 Å². The zero-order chi connectivity index (χ0) is 14.1. The molecule has 1 rings (SSSR count). The number of unbranched alkanes of at least 4 members (excludes halogenated alkanes) is 1. The van der Waals surface area contributed by atoms with Crippen molar-refractivity contribution < 1.29 is 9.53 Å². The normalized spacial score (nSPS) is 10.9. The molecule has 2 N–H and O–H groups in total. The minimum atomic E-state index is -0.440. The third-order valence-electron chi connectivity index (χ3n) is 2.24. The number of amides is 1. The molecule has 106 valence electrons. The Morgan fingerprint density at radius 3 is 2.63 bits per heavy atom. The van der Waals surface area contributed by atoms with Crippen LogP contribution in [0, 0.1) is 0 Å². The molecular formula is C14H23N3O2. The molecule has 0 radical (unpaired) electrons. The topological polar surface area (TPSA) is 63.2 Å². The van der Waals surface area contributed by atoms with Crippen LogP contribution >= 0.6 is 0 Å². The highest BCUT2D eigenvalue weighted by atomic mass is 16.6. The van der Waals surface area contributed by atoms with E-state index in [4.69, 9.17) is 4.74 Å². The van der Waals surface area contributed by atoms with Crippen molar-refractivity contribution in [2.24, 2.45) is 0 Å². The summed E-state index contributed by atoms with van der Waals surface area (Å²) in [7, 11) is 0. The van der Waals surface area contributed by atoms with Crippen LogP contribution in [-0.2, 0) is 4.74 Å². The summed E-state index contributed by atoms with van der Waals surface area (Å²) in [5.41, 5.74) is -0.440. The molecule has 1 heterocycles. The van der Waals surface area contributed by atoms with Gasteiger partial charge in [-0.15, -0.1) is 0 Å². The molecule has 0 aromatic carbocycles. The Morgan fingerprint density at radius 2 is 2.00 bits per heavy atom. The van der Waals surface area contributed by atoms with E-state index in [9.17, 15) is 4.79 Å². The Hall–Kier alpha value is -1.78. The molecule has 0 spiro atoms. The van der Waals surface area contributed by atoms with Gasteiger partial charge in [-0.3, -0.25) is 0 Å². The van der Waals surface area contributed by atoms with Crippen molar-refractivity contribution in [1.29, 1.82) is 0 Å². The molecule has 0 aliphatic rings. The molecule has 0 saturated heterocycles. The lowest BCUT2D eigenvalue weighted by molar-refractivity contribution is 0.0527. The Balaban J connectivity index is 2.01. The molecule has 1 aromatic heterocycles. The molecule has 0 bridgehead atoms. The van der Waals surface area contributed by atoms with Crippen molar-refractivity contribution in [1.82, 2.24) is 10.3 Å². The highest BCUT2D eigenvalue weighted by molar-refractivity contribution is 5.67. The molecule has 1 amide bonds. The lowest BCUT2D eigenvalue weighted by atomic mass is 10.2. The van der Waals surface area contributed by atoms with Gasteiger partial charge in [0.25, 0.3) is 0 Å². The van der Waals surface area contributed by atoms with E-state index in [-0.39, 0.29) is 6.09 Å². The van der Waals surface area contributed by atoms with Crippen molar-refractivity contribution in [3.63, 3.8) is 0 Å². The van der Waals surface area contributed by atoms with Crippen LogP contribution in [0.4, 0.5) is 10.6 Å². The number of nitrogens with zero attached hydrogens (tertiary/aromatic N) is 1. The first kappa shape index (κ1) is 15.3. The summed E-state index contributed by atoms with van der Waals surface area (Å²) in [6, 6.07) is 5.76. The molecule has 0 saturated carbocycles. The molecule has 5 nitrogen and oxygen atoms in total. The van der Waals surface area contributed by atoms with E-state index < -0.39 is 5.60 Å². The first-order chi connectivity index (χ1) is 8.97. The van der Waals surface area contributed by atoms with Crippen LogP contribution in [0.3, 0.4) is 0 Å². The summed E-state index contributed by atoms with van der Waals surface area (Å²) >= 11 is 0. The van der Waals surface area contributed by atoms with Gasteiger partial charge >= 0.3 is 6.09 Å². The number of aromatic nitrogens is 1. The lowest BCUT2D eigenvalue weighted by Crippen LogP contribution is -2.33. The highest BCUT2D eigenvalue weighted by Gasteiger charge is 2.15. The van der Waals surface area contributed by atoms with Gasteiger partial charge in [-0.1, -0.05) is 6.07 Å². The number of anilines is 1. The van der Waals surface area contributed by atoms with Crippen LogP contribution in [0.5, 0.6) is 0 Å². The van der Waals surface area contributed by atoms with Crippen LogP contribution in [0.25, 0.3) is 0 Å². The minimum Gasteiger partial charge on any atom is -0.444 e. The quantitative estimate of drug-likeness (QED) is 0.776. The Bertz CT molecular complexity index is 374. The molecule has 1 aromatic rings. The Morgan fingerprint density at radius 1 is 1.26 bits per heavy atom. The third kappa shape index (κ3) is 8.02. The molecular weight excluding hydrogens is 242 g/mol. The molecule has 0 unspecified atom stereocenters. The number of carbonyl (C=O) groups excluding carboxylic acids is 1. The SMILES string of the molecule is CC(C)(C)OC(=O)NCCCCNc1ccccn1. The largest absolute Gasteiger partial charge is 0.444 e. The maximum atomic E-state index is 11.4. The van der Waals surface area contributed by atoms with E-state index in [1.54, 1.807) is 6.20 Å². The first-order valence-corrected chi connectivity index (χ1v) is 6.59. The van der Waals surface area contributed by atoms with Gasteiger partial charge in [0.15, 0.2) is 0 Å². The second kappa shape index (κ2) is 7.61. The second-order valence-corrected chi connectivity index (χ2v) is 5.28. The van der Waals surface area contributed by atoms with Gasteiger partial charge in [-0.05, 0) is 45.7 Å². The molecule has 0 aliphatic carbocycles. The summed E-state index contributed by atoms with van der Waals surface area (Å²) in [5.74, 6) is 0.877. The smallest absolute Gasteiger partial charge is 0.407 e. The van der Waals surface area contributed by atoms with Crippen molar-refractivity contribution in [2.75, 3.05) is 18.4 Å². The van der Waals surface area contributed by atoms with Crippen LogP contribution in [-0.4, -0.2) is 29.8 Å². The summed E-state index contributed by atoms with van der Waals surface area (Å²) in [5, 5.41) is 5.95. The van der Waals surface area contributed by atoms with Crippen molar-refractivity contribution in [2.45, 2.75) is 39.2 Å². The van der Waals surface area contributed by atoms with Gasteiger partial charge in [0.05, 0.1) is 0 Å². The van der Waals surface area contributed by atoms with Crippen LogP contribution in [0.2, 0.25) is 0 Å². The molecule has 0 atom stereocenters. The van der Waals surface area contributed by atoms with E-state index in [2.05, 4.69) is 15.6 Å². The van der Waals surface area contributed by atoms with E-state index in [1.807, 2.05) is 39.0 Å².